The minimum absolute atomic E-state index is 0.139. The maximum absolute atomic E-state index is 12.3. The van der Waals surface area contributed by atoms with Crippen LogP contribution in [0.5, 0.6) is 0 Å². The van der Waals surface area contributed by atoms with Gasteiger partial charge in [-0.05, 0) is 32.1 Å². The summed E-state index contributed by atoms with van der Waals surface area (Å²) in [6, 6.07) is 0.254. The molecule has 3 rings (SSSR count). The van der Waals surface area contributed by atoms with Crippen LogP contribution in [0.2, 0.25) is 0 Å². The van der Waals surface area contributed by atoms with Crippen LogP contribution in [0.15, 0.2) is 0 Å². The van der Waals surface area contributed by atoms with Crippen LogP contribution in [0.3, 0.4) is 0 Å². The van der Waals surface area contributed by atoms with Crippen LogP contribution in [0.4, 0.5) is 5.13 Å². The first-order valence-corrected chi connectivity index (χ1v) is 7.94. The Kier molecular flexibility index (Phi) is 3.35. The normalized spacial score (nSPS) is 25.1. The number of carbonyl (C=O) groups excluding carboxylic acids is 1. The van der Waals surface area contributed by atoms with Crippen molar-refractivity contribution in [1.82, 2.24) is 4.98 Å². The largest absolute Gasteiger partial charge is 0.327 e. The molecular formula is C14H21N3OS. The third kappa shape index (κ3) is 2.54. The van der Waals surface area contributed by atoms with Crippen LogP contribution >= 0.6 is 11.3 Å². The smallest absolute Gasteiger partial charge is 0.232 e. The van der Waals surface area contributed by atoms with E-state index in [1.807, 2.05) is 0 Å². The molecule has 0 radical (unpaired) electrons. The average Bonchev–Trinajstić information content (AvgIpc) is 2.95. The van der Waals surface area contributed by atoms with E-state index in [-0.39, 0.29) is 17.4 Å². The molecule has 3 N–H and O–H groups in total. The highest BCUT2D eigenvalue weighted by atomic mass is 32.1. The molecule has 1 aromatic heterocycles. The van der Waals surface area contributed by atoms with Crippen molar-refractivity contribution in [2.24, 2.45) is 11.1 Å². The van der Waals surface area contributed by atoms with Crippen molar-refractivity contribution in [1.29, 1.82) is 0 Å². The van der Waals surface area contributed by atoms with Gasteiger partial charge in [0.05, 0.1) is 5.69 Å². The Hall–Kier alpha value is -0.940. The second-order valence-electron chi connectivity index (χ2n) is 6.11. The number of nitrogens with two attached hydrogens (primary N) is 1. The van der Waals surface area contributed by atoms with Gasteiger partial charge >= 0.3 is 0 Å². The Morgan fingerprint density at radius 2 is 2.21 bits per heavy atom. The summed E-state index contributed by atoms with van der Waals surface area (Å²) >= 11 is 1.60. The van der Waals surface area contributed by atoms with Crippen LogP contribution < -0.4 is 11.1 Å². The molecule has 1 fully saturated rings. The van der Waals surface area contributed by atoms with Crippen molar-refractivity contribution in [2.75, 3.05) is 5.32 Å². The Balaban J connectivity index is 1.72. The molecule has 0 bridgehead atoms. The van der Waals surface area contributed by atoms with E-state index in [9.17, 15) is 4.79 Å². The van der Waals surface area contributed by atoms with Gasteiger partial charge in [-0.15, -0.1) is 11.3 Å². The lowest BCUT2D eigenvalue weighted by atomic mass is 9.88. The SMILES string of the molecule is CC1(C(=O)Nc2nc3c(s2)C[C@@H](N)CC3)CCCC1. The number of hydrogen-bond donors (Lipinski definition) is 2. The number of aryl methyl sites for hydroxylation is 1. The zero-order chi connectivity index (χ0) is 13.5. The van der Waals surface area contributed by atoms with E-state index >= 15 is 0 Å². The minimum atomic E-state index is -0.192. The molecule has 2 aliphatic rings. The van der Waals surface area contributed by atoms with Crippen molar-refractivity contribution in [3.63, 3.8) is 0 Å². The molecule has 0 spiro atoms. The van der Waals surface area contributed by atoms with Gasteiger partial charge in [-0.2, -0.15) is 0 Å². The van der Waals surface area contributed by atoms with Crippen LogP contribution in [-0.2, 0) is 17.6 Å². The molecule has 0 aliphatic heterocycles. The summed E-state index contributed by atoms with van der Waals surface area (Å²) in [5.74, 6) is 0.139. The second kappa shape index (κ2) is 4.87. The van der Waals surface area contributed by atoms with E-state index in [0.29, 0.717) is 0 Å². The zero-order valence-electron chi connectivity index (χ0n) is 11.4. The molecule has 1 heterocycles. The molecule has 2 aliphatic carbocycles. The predicted molar refractivity (Wildman–Crippen MR) is 77.3 cm³/mol. The molecule has 1 atom stereocenters. The highest BCUT2D eigenvalue weighted by molar-refractivity contribution is 7.15. The molecule has 0 saturated heterocycles. The van der Waals surface area contributed by atoms with Crippen LogP contribution in [0, 0.1) is 5.41 Å². The van der Waals surface area contributed by atoms with Gasteiger partial charge in [-0.1, -0.05) is 19.8 Å². The van der Waals surface area contributed by atoms with Crippen molar-refractivity contribution in [3.8, 4) is 0 Å². The van der Waals surface area contributed by atoms with Gasteiger partial charge in [-0.3, -0.25) is 4.79 Å². The van der Waals surface area contributed by atoms with E-state index in [0.717, 1.165) is 55.8 Å². The summed E-state index contributed by atoms with van der Waals surface area (Å²) < 4.78 is 0. The van der Waals surface area contributed by atoms with Gasteiger partial charge in [-0.25, -0.2) is 4.98 Å². The number of anilines is 1. The summed E-state index contributed by atoms with van der Waals surface area (Å²) in [5.41, 5.74) is 6.92. The number of fused-ring (bicyclic) bond motifs is 1. The van der Waals surface area contributed by atoms with Gasteiger partial charge < -0.3 is 11.1 Å². The summed E-state index contributed by atoms with van der Waals surface area (Å²) in [7, 11) is 0. The molecule has 104 valence electrons. The lowest BCUT2D eigenvalue weighted by Gasteiger charge is -2.21. The van der Waals surface area contributed by atoms with Crippen LogP contribution in [0.1, 0.15) is 49.6 Å². The summed E-state index contributed by atoms with van der Waals surface area (Å²) in [6.07, 6.45) is 7.16. The van der Waals surface area contributed by atoms with E-state index < -0.39 is 0 Å². The summed E-state index contributed by atoms with van der Waals surface area (Å²) in [5, 5.41) is 3.79. The molecule has 1 amide bonds. The molecule has 0 unspecified atom stereocenters. The van der Waals surface area contributed by atoms with E-state index in [2.05, 4.69) is 17.2 Å². The Labute approximate surface area is 117 Å². The summed E-state index contributed by atoms with van der Waals surface area (Å²) in [6.45, 7) is 2.07. The number of amides is 1. The highest BCUT2D eigenvalue weighted by Crippen LogP contribution is 2.39. The van der Waals surface area contributed by atoms with E-state index in [4.69, 9.17) is 5.73 Å². The fourth-order valence-electron chi connectivity index (χ4n) is 3.08. The maximum Gasteiger partial charge on any atom is 0.232 e. The molecule has 1 saturated carbocycles. The first-order valence-electron chi connectivity index (χ1n) is 7.12. The number of aromatic nitrogens is 1. The minimum Gasteiger partial charge on any atom is -0.327 e. The number of nitrogens with one attached hydrogen (secondary N) is 1. The van der Waals surface area contributed by atoms with Crippen LogP contribution in [-0.4, -0.2) is 16.9 Å². The van der Waals surface area contributed by atoms with E-state index in [1.54, 1.807) is 11.3 Å². The summed E-state index contributed by atoms with van der Waals surface area (Å²) in [4.78, 5) is 18.2. The maximum atomic E-state index is 12.3. The number of hydrogen-bond acceptors (Lipinski definition) is 4. The molecule has 19 heavy (non-hydrogen) atoms. The van der Waals surface area contributed by atoms with Gasteiger partial charge in [0, 0.05) is 16.3 Å². The number of carbonyl (C=O) groups is 1. The number of thiazole rings is 1. The fourth-order valence-corrected chi connectivity index (χ4v) is 4.18. The first kappa shape index (κ1) is 13.1. The molecule has 0 aromatic carbocycles. The topological polar surface area (TPSA) is 68.0 Å². The molecule has 4 nitrogen and oxygen atoms in total. The quantitative estimate of drug-likeness (QED) is 0.874. The number of nitrogens with zero attached hydrogens (tertiary/aromatic N) is 1. The lowest BCUT2D eigenvalue weighted by Crippen LogP contribution is -2.30. The highest BCUT2D eigenvalue weighted by Gasteiger charge is 2.36. The second-order valence-corrected chi connectivity index (χ2v) is 7.20. The lowest BCUT2D eigenvalue weighted by molar-refractivity contribution is -0.124. The van der Waals surface area contributed by atoms with Crippen molar-refractivity contribution < 1.29 is 4.79 Å². The van der Waals surface area contributed by atoms with Gasteiger partial charge in [0.2, 0.25) is 5.91 Å². The zero-order valence-corrected chi connectivity index (χ0v) is 12.2. The monoisotopic (exact) mass is 279 g/mol. The Bertz CT molecular complexity index is 491. The average molecular weight is 279 g/mol. The van der Waals surface area contributed by atoms with E-state index in [1.165, 1.54) is 4.88 Å². The molecule has 5 heteroatoms. The Morgan fingerprint density at radius 3 is 2.95 bits per heavy atom. The first-order chi connectivity index (χ1) is 9.07. The van der Waals surface area contributed by atoms with Crippen molar-refractivity contribution >= 4 is 22.4 Å². The predicted octanol–water partition coefficient (Wildman–Crippen LogP) is 2.48. The van der Waals surface area contributed by atoms with Gasteiger partial charge in [0.1, 0.15) is 0 Å². The standard InChI is InChI=1S/C14H21N3OS/c1-14(6-2-3-7-14)12(18)17-13-16-10-5-4-9(15)8-11(10)19-13/h9H,2-8,15H2,1H3,(H,16,17,18)/t9-/m0/s1. The van der Waals surface area contributed by atoms with Gasteiger partial charge in [0.25, 0.3) is 0 Å². The van der Waals surface area contributed by atoms with Crippen LogP contribution in [0.25, 0.3) is 0 Å². The molecular weight excluding hydrogens is 258 g/mol. The Morgan fingerprint density at radius 1 is 1.47 bits per heavy atom. The third-order valence-corrected chi connectivity index (χ3v) is 5.49. The van der Waals surface area contributed by atoms with Crippen molar-refractivity contribution in [2.45, 2.75) is 57.9 Å². The number of rotatable bonds is 2. The van der Waals surface area contributed by atoms with Gasteiger partial charge in [0.15, 0.2) is 5.13 Å². The fraction of sp³-hybridized carbons (Fsp3) is 0.714. The molecule has 1 aromatic rings. The third-order valence-electron chi connectivity index (χ3n) is 4.45. The van der Waals surface area contributed by atoms with Crippen molar-refractivity contribution in [3.05, 3.63) is 10.6 Å².